The van der Waals surface area contributed by atoms with Crippen molar-refractivity contribution < 1.29 is 14.3 Å². The number of benzene rings is 2. The van der Waals surface area contributed by atoms with E-state index in [0.29, 0.717) is 30.8 Å². The van der Waals surface area contributed by atoms with Gasteiger partial charge in [0, 0.05) is 17.5 Å². The third kappa shape index (κ3) is 4.56. The molecule has 0 saturated carbocycles. The minimum absolute atomic E-state index is 0.0370. The van der Waals surface area contributed by atoms with E-state index in [2.05, 4.69) is 0 Å². The van der Waals surface area contributed by atoms with E-state index in [1.807, 2.05) is 30.3 Å². The number of Topliss-reactive ketones (excluding diaryl/α,β-unsaturated/α-hetero) is 2. The van der Waals surface area contributed by atoms with Gasteiger partial charge in [0.05, 0.1) is 6.61 Å². The molecule has 0 bridgehead atoms. The number of carbonyl (C=O) groups excluding carboxylic acids is 2. The van der Waals surface area contributed by atoms with Crippen LogP contribution in [0.25, 0.3) is 0 Å². The second-order valence-corrected chi connectivity index (χ2v) is 4.82. The van der Waals surface area contributed by atoms with Crippen molar-refractivity contribution in [2.75, 3.05) is 6.61 Å². The molecule has 0 aliphatic rings. The fraction of sp³-hybridized carbons (Fsp3) is 0.222. The van der Waals surface area contributed by atoms with E-state index >= 15 is 0 Å². The molecule has 0 aromatic heterocycles. The maximum atomic E-state index is 11.9. The summed E-state index contributed by atoms with van der Waals surface area (Å²) in [7, 11) is 0. The van der Waals surface area contributed by atoms with Crippen LogP contribution in [0.15, 0.2) is 54.6 Å². The van der Waals surface area contributed by atoms with Gasteiger partial charge in [0.15, 0.2) is 11.6 Å². The third-order valence-electron chi connectivity index (χ3n) is 3.17. The van der Waals surface area contributed by atoms with Crippen LogP contribution in [0, 0.1) is 0 Å². The maximum Gasteiger partial charge on any atom is 0.163 e. The van der Waals surface area contributed by atoms with E-state index in [1.165, 1.54) is 6.92 Å². The summed E-state index contributed by atoms with van der Waals surface area (Å²) in [4.78, 5) is 23.0. The fourth-order valence-corrected chi connectivity index (χ4v) is 1.98. The molecule has 21 heavy (non-hydrogen) atoms. The van der Waals surface area contributed by atoms with E-state index in [0.717, 1.165) is 5.56 Å². The Morgan fingerprint density at radius 2 is 1.57 bits per heavy atom. The molecule has 0 heterocycles. The van der Waals surface area contributed by atoms with Crippen molar-refractivity contribution in [1.82, 2.24) is 0 Å². The molecule has 0 aliphatic heterocycles. The molecule has 0 atom stereocenters. The first-order chi connectivity index (χ1) is 10.2. The summed E-state index contributed by atoms with van der Waals surface area (Å²) in [5, 5.41) is 0. The van der Waals surface area contributed by atoms with Gasteiger partial charge >= 0.3 is 0 Å². The average molecular weight is 282 g/mol. The van der Waals surface area contributed by atoms with Crippen molar-refractivity contribution in [1.29, 1.82) is 0 Å². The van der Waals surface area contributed by atoms with Gasteiger partial charge in [0.2, 0.25) is 0 Å². The Hall–Kier alpha value is -2.42. The fourth-order valence-electron chi connectivity index (χ4n) is 1.98. The monoisotopic (exact) mass is 282 g/mol. The molecule has 0 saturated heterocycles. The Kier molecular flexibility index (Phi) is 5.27. The first-order valence-corrected chi connectivity index (χ1v) is 6.99. The molecule has 0 fully saturated rings. The molecule has 0 amide bonds. The van der Waals surface area contributed by atoms with Gasteiger partial charge < -0.3 is 4.74 Å². The van der Waals surface area contributed by atoms with Crippen LogP contribution in [0.2, 0.25) is 0 Å². The highest BCUT2D eigenvalue weighted by Gasteiger charge is 2.05. The lowest BCUT2D eigenvalue weighted by Crippen LogP contribution is -2.04. The standard InChI is InChI=1S/C18H18O3/c1-14(19)15-9-11-17(12-10-15)21-13-5-8-18(20)16-6-3-2-4-7-16/h2-4,6-7,9-12H,5,8,13H2,1H3. The summed E-state index contributed by atoms with van der Waals surface area (Å²) in [5.74, 6) is 0.883. The molecule has 0 aliphatic carbocycles. The molecule has 2 rings (SSSR count). The summed E-state index contributed by atoms with van der Waals surface area (Å²) < 4.78 is 5.56. The normalized spacial score (nSPS) is 10.1. The van der Waals surface area contributed by atoms with Crippen molar-refractivity contribution >= 4 is 11.6 Å². The van der Waals surface area contributed by atoms with Crippen LogP contribution >= 0.6 is 0 Å². The molecule has 2 aromatic carbocycles. The van der Waals surface area contributed by atoms with Gasteiger partial charge in [-0.3, -0.25) is 9.59 Å². The minimum atomic E-state index is 0.0370. The lowest BCUT2D eigenvalue weighted by atomic mass is 10.1. The van der Waals surface area contributed by atoms with E-state index in [9.17, 15) is 9.59 Å². The molecule has 3 nitrogen and oxygen atoms in total. The lowest BCUT2D eigenvalue weighted by Gasteiger charge is -2.06. The van der Waals surface area contributed by atoms with Crippen LogP contribution in [0.4, 0.5) is 0 Å². The van der Waals surface area contributed by atoms with E-state index in [-0.39, 0.29) is 11.6 Å². The highest BCUT2D eigenvalue weighted by Crippen LogP contribution is 2.13. The Balaban J connectivity index is 1.75. The van der Waals surface area contributed by atoms with Crippen molar-refractivity contribution in [3.63, 3.8) is 0 Å². The Bertz CT molecular complexity index is 600. The number of rotatable bonds is 7. The zero-order valence-corrected chi connectivity index (χ0v) is 12.0. The van der Waals surface area contributed by atoms with Crippen LogP contribution in [0.3, 0.4) is 0 Å². The van der Waals surface area contributed by atoms with Gasteiger partial charge in [0.25, 0.3) is 0 Å². The van der Waals surface area contributed by atoms with Crippen LogP contribution in [-0.4, -0.2) is 18.2 Å². The van der Waals surface area contributed by atoms with Gasteiger partial charge in [-0.2, -0.15) is 0 Å². The van der Waals surface area contributed by atoms with Gasteiger partial charge in [-0.1, -0.05) is 30.3 Å². The molecular weight excluding hydrogens is 264 g/mol. The third-order valence-corrected chi connectivity index (χ3v) is 3.17. The Labute approximate surface area is 124 Å². The molecule has 2 aromatic rings. The first kappa shape index (κ1) is 15.0. The SMILES string of the molecule is CC(=O)c1ccc(OCCCC(=O)c2ccccc2)cc1. The van der Waals surface area contributed by atoms with Crippen molar-refractivity contribution in [3.05, 3.63) is 65.7 Å². The summed E-state index contributed by atoms with van der Waals surface area (Å²) in [6.45, 7) is 2.02. The van der Waals surface area contributed by atoms with Gasteiger partial charge in [0.1, 0.15) is 5.75 Å². The molecule has 0 spiro atoms. The minimum Gasteiger partial charge on any atom is -0.494 e. The number of hydrogen-bond donors (Lipinski definition) is 0. The Morgan fingerprint density at radius 3 is 2.19 bits per heavy atom. The first-order valence-electron chi connectivity index (χ1n) is 6.99. The second-order valence-electron chi connectivity index (χ2n) is 4.82. The predicted molar refractivity (Wildman–Crippen MR) is 81.9 cm³/mol. The van der Waals surface area contributed by atoms with Crippen LogP contribution in [0.1, 0.15) is 40.5 Å². The average Bonchev–Trinajstić information content (AvgIpc) is 2.52. The summed E-state index contributed by atoms with van der Waals surface area (Å²) in [6, 6.07) is 16.3. The van der Waals surface area contributed by atoms with E-state index in [4.69, 9.17) is 4.74 Å². The number of carbonyl (C=O) groups is 2. The maximum absolute atomic E-state index is 11.9. The van der Waals surface area contributed by atoms with Crippen LogP contribution < -0.4 is 4.74 Å². The van der Waals surface area contributed by atoms with E-state index in [1.54, 1.807) is 24.3 Å². The molecule has 0 radical (unpaired) electrons. The van der Waals surface area contributed by atoms with Crippen molar-refractivity contribution in [2.24, 2.45) is 0 Å². The summed E-state index contributed by atoms with van der Waals surface area (Å²) in [5.41, 5.74) is 1.41. The summed E-state index contributed by atoms with van der Waals surface area (Å²) >= 11 is 0. The number of ether oxygens (including phenoxy) is 1. The van der Waals surface area contributed by atoms with Gasteiger partial charge in [-0.25, -0.2) is 0 Å². The molecular formula is C18H18O3. The van der Waals surface area contributed by atoms with Gasteiger partial charge in [-0.15, -0.1) is 0 Å². The van der Waals surface area contributed by atoms with E-state index < -0.39 is 0 Å². The number of hydrogen-bond acceptors (Lipinski definition) is 3. The van der Waals surface area contributed by atoms with Crippen LogP contribution in [0.5, 0.6) is 5.75 Å². The molecule has 0 unspecified atom stereocenters. The zero-order valence-electron chi connectivity index (χ0n) is 12.0. The topological polar surface area (TPSA) is 43.4 Å². The molecule has 3 heteroatoms. The highest BCUT2D eigenvalue weighted by atomic mass is 16.5. The smallest absolute Gasteiger partial charge is 0.163 e. The predicted octanol–water partition coefficient (Wildman–Crippen LogP) is 3.93. The van der Waals surface area contributed by atoms with Crippen molar-refractivity contribution in [2.45, 2.75) is 19.8 Å². The zero-order chi connectivity index (χ0) is 15.1. The lowest BCUT2D eigenvalue weighted by molar-refractivity contribution is 0.0971. The molecule has 108 valence electrons. The highest BCUT2D eigenvalue weighted by molar-refractivity contribution is 5.96. The summed E-state index contributed by atoms with van der Waals surface area (Å²) in [6.07, 6.45) is 1.14. The van der Waals surface area contributed by atoms with Crippen molar-refractivity contribution in [3.8, 4) is 5.75 Å². The largest absolute Gasteiger partial charge is 0.494 e. The number of ketones is 2. The van der Waals surface area contributed by atoms with Gasteiger partial charge in [-0.05, 0) is 37.6 Å². The Morgan fingerprint density at radius 1 is 0.905 bits per heavy atom. The molecule has 0 N–H and O–H groups in total. The quantitative estimate of drug-likeness (QED) is 0.571. The van der Waals surface area contributed by atoms with Crippen LogP contribution in [-0.2, 0) is 0 Å². The second kappa shape index (κ2) is 7.39.